The van der Waals surface area contributed by atoms with Gasteiger partial charge in [-0.15, -0.1) is 21.5 Å². The normalized spacial score (nSPS) is 17.3. The Bertz CT molecular complexity index is 2090. The molecule has 0 aliphatic carbocycles. The van der Waals surface area contributed by atoms with Crippen LogP contribution in [0.1, 0.15) is 66.8 Å². The molecule has 13 heteroatoms. The Morgan fingerprint density at radius 2 is 1.94 bits per heavy atom. The first kappa shape index (κ1) is 30.0. The number of thiophene rings is 1. The molecular weight excluding hydrogens is 618 g/mol. The first-order valence-corrected chi connectivity index (χ1v) is 15.7. The molecule has 47 heavy (non-hydrogen) atoms. The first-order chi connectivity index (χ1) is 22.8. The van der Waals surface area contributed by atoms with Crippen LogP contribution in [0, 0.1) is 24.2 Å². The van der Waals surface area contributed by atoms with Gasteiger partial charge in [-0.05, 0) is 43.0 Å². The molecule has 3 aliphatic rings. The number of fused-ring (bicyclic) bond motifs is 4. The Balaban J connectivity index is 1.21. The molecule has 3 N–H and O–H groups in total. The van der Waals surface area contributed by atoms with Gasteiger partial charge in [0.05, 0.1) is 33.9 Å². The third-order valence-electron chi connectivity index (χ3n) is 8.22. The lowest BCUT2D eigenvalue weighted by atomic mass is 10.0. The van der Waals surface area contributed by atoms with Gasteiger partial charge < -0.3 is 15.5 Å². The summed E-state index contributed by atoms with van der Waals surface area (Å²) in [5, 5.41) is 22.8. The monoisotopic (exact) mass is 645 g/mol. The number of hydrogen-bond acceptors (Lipinski definition) is 10. The lowest BCUT2D eigenvalue weighted by molar-refractivity contribution is -0.136. The van der Waals surface area contributed by atoms with Crippen molar-refractivity contribution in [1.82, 2.24) is 25.0 Å². The number of piperidine rings is 1. The molecule has 1 saturated heterocycles. The summed E-state index contributed by atoms with van der Waals surface area (Å²) in [6, 6.07) is 13.8. The van der Waals surface area contributed by atoms with Crippen LogP contribution in [0.25, 0.3) is 5.00 Å². The minimum atomic E-state index is -1.07. The van der Waals surface area contributed by atoms with Crippen LogP contribution < -0.4 is 10.6 Å². The van der Waals surface area contributed by atoms with Gasteiger partial charge in [-0.2, -0.15) is 0 Å². The van der Waals surface area contributed by atoms with Crippen LogP contribution in [0.3, 0.4) is 0 Å². The van der Waals surface area contributed by atoms with E-state index in [1.807, 2.05) is 29.7 Å². The van der Waals surface area contributed by atoms with Gasteiger partial charge in [0.25, 0.3) is 11.8 Å². The number of ether oxygens (including phenoxy) is 1. The van der Waals surface area contributed by atoms with E-state index < -0.39 is 29.7 Å². The van der Waals surface area contributed by atoms with Crippen LogP contribution in [-0.2, 0) is 34.0 Å². The van der Waals surface area contributed by atoms with E-state index in [0.717, 1.165) is 49.3 Å². The number of anilines is 1. The number of rotatable bonds is 6. The van der Waals surface area contributed by atoms with Crippen LogP contribution in [0.2, 0.25) is 0 Å². The standard InChI is InChI=1S/C34H27N7O5S/c1-19-38-39-28-18-46-17-24-23(14-20-6-3-2-4-7-20)27(47-34(24)40(19)28)12-10-21(15-35)16-36-25-9-5-8-22-30(25)33(45)41(32(22)44)26-11-13-29(42)37-31(26)43/h2-9,15-16,26,35-36H,11,13-14,17-18H2,1H3,(H,37,42,43)/b21-16-,35-15?. The summed E-state index contributed by atoms with van der Waals surface area (Å²) in [5.74, 6) is 5.48. The van der Waals surface area contributed by atoms with Crippen molar-refractivity contribution in [2.75, 3.05) is 5.32 Å². The number of aryl methyl sites for hydroxylation is 1. The van der Waals surface area contributed by atoms with E-state index in [-0.39, 0.29) is 24.0 Å². The zero-order chi connectivity index (χ0) is 32.7. The van der Waals surface area contributed by atoms with Crippen LogP contribution in [-0.4, -0.2) is 55.5 Å². The third kappa shape index (κ3) is 5.43. The Kier molecular flexibility index (Phi) is 7.80. The van der Waals surface area contributed by atoms with Gasteiger partial charge in [0.1, 0.15) is 23.5 Å². The fourth-order valence-corrected chi connectivity index (χ4v) is 7.19. The molecule has 5 heterocycles. The molecule has 1 unspecified atom stereocenters. The van der Waals surface area contributed by atoms with Crippen molar-refractivity contribution in [3.63, 3.8) is 0 Å². The highest BCUT2D eigenvalue weighted by atomic mass is 32.1. The molecule has 2 aromatic carbocycles. The van der Waals surface area contributed by atoms with Crippen molar-refractivity contribution >= 4 is 46.9 Å². The smallest absolute Gasteiger partial charge is 0.264 e. The minimum Gasteiger partial charge on any atom is -0.369 e. The topological polar surface area (TPSA) is 159 Å². The lowest BCUT2D eigenvalue weighted by Gasteiger charge is -2.27. The molecule has 1 atom stereocenters. The van der Waals surface area contributed by atoms with Gasteiger partial charge >= 0.3 is 0 Å². The van der Waals surface area contributed by atoms with E-state index in [0.29, 0.717) is 30.9 Å². The predicted molar refractivity (Wildman–Crippen MR) is 172 cm³/mol. The molecule has 1 fully saturated rings. The first-order valence-electron chi connectivity index (χ1n) is 14.8. The van der Waals surface area contributed by atoms with E-state index in [1.165, 1.54) is 23.6 Å². The number of aromatic nitrogens is 3. The average Bonchev–Trinajstić information content (AvgIpc) is 3.63. The molecule has 0 saturated carbocycles. The summed E-state index contributed by atoms with van der Waals surface area (Å²) in [4.78, 5) is 52.5. The highest BCUT2D eigenvalue weighted by molar-refractivity contribution is 7.15. The predicted octanol–water partition coefficient (Wildman–Crippen LogP) is 3.66. The number of carbonyl (C=O) groups is 4. The van der Waals surface area contributed by atoms with Crippen molar-refractivity contribution in [1.29, 1.82) is 5.41 Å². The maximum Gasteiger partial charge on any atom is 0.264 e. The Morgan fingerprint density at radius 1 is 1.11 bits per heavy atom. The van der Waals surface area contributed by atoms with Crippen molar-refractivity contribution in [2.45, 2.75) is 45.4 Å². The van der Waals surface area contributed by atoms with Gasteiger partial charge in [-0.1, -0.05) is 48.2 Å². The highest BCUT2D eigenvalue weighted by Crippen LogP contribution is 2.37. The van der Waals surface area contributed by atoms with Gasteiger partial charge in [-0.25, -0.2) is 0 Å². The summed E-state index contributed by atoms with van der Waals surface area (Å²) in [5.41, 5.74) is 4.09. The van der Waals surface area contributed by atoms with Crippen molar-refractivity contribution in [3.8, 4) is 16.8 Å². The zero-order valence-corrected chi connectivity index (χ0v) is 25.9. The van der Waals surface area contributed by atoms with E-state index in [1.54, 1.807) is 12.1 Å². The molecule has 4 aromatic rings. The average molecular weight is 646 g/mol. The number of allylic oxidation sites excluding steroid dienone is 1. The van der Waals surface area contributed by atoms with E-state index in [4.69, 9.17) is 10.1 Å². The number of benzene rings is 2. The lowest BCUT2D eigenvalue weighted by Crippen LogP contribution is -2.54. The summed E-state index contributed by atoms with van der Waals surface area (Å²) in [6.07, 6.45) is 3.34. The summed E-state index contributed by atoms with van der Waals surface area (Å²) < 4.78 is 7.99. The fraction of sp³-hybridized carbons (Fsp3) is 0.206. The Hall–Kier alpha value is -5.71. The zero-order valence-electron chi connectivity index (χ0n) is 25.1. The molecule has 234 valence electrons. The van der Waals surface area contributed by atoms with Crippen molar-refractivity contribution in [2.24, 2.45) is 0 Å². The number of amides is 4. The fourth-order valence-electron chi connectivity index (χ4n) is 5.95. The second-order valence-electron chi connectivity index (χ2n) is 11.2. The van der Waals surface area contributed by atoms with E-state index in [2.05, 4.69) is 44.8 Å². The number of carbonyl (C=O) groups excluding carboxylic acids is 4. The van der Waals surface area contributed by atoms with Crippen LogP contribution >= 0.6 is 11.3 Å². The minimum absolute atomic E-state index is 0.0340. The number of hydrogen-bond donors (Lipinski definition) is 3. The largest absolute Gasteiger partial charge is 0.369 e. The molecule has 0 spiro atoms. The molecule has 0 bridgehead atoms. The van der Waals surface area contributed by atoms with Gasteiger partial charge in [0.15, 0.2) is 5.82 Å². The Labute approximate surface area is 273 Å². The SMILES string of the molecule is Cc1nnc2n1-c1sc(C#C/C(C=N)=C/Nc3cccc4c3C(=O)N(C3CCC(=O)NC3=O)C4=O)c(Cc3ccccc3)c1COC2. The maximum atomic E-state index is 13.5. The number of imide groups is 2. The van der Waals surface area contributed by atoms with Crippen molar-refractivity contribution < 1.29 is 23.9 Å². The molecule has 7 rings (SSSR count). The summed E-state index contributed by atoms with van der Waals surface area (Å²) in [7, 11) is 0. The molecule has 4 amide bonds. The highest BCUT2D eigenvalue weighted by Gasteiger charge is 2.45. The van der Waals surface area contributed by atoms with Crippen LogP contribution in [0.5, 0.6) is 0 Å². The number of nitrogens with zero attached hydrogens (tertiary/aromatic N) is 4. The van der Waals surface area contributed by atoms with Crippen LogP contribution in [0.4, 0.5) is 5.69 Å². The maximum absolute atomic E-state index is 13.5. The third-order valence-corrected chi connectivity index (χ3v) is 9.39. The van der Waals surface area contributed by atoms with Gasteiger partial charge in [-0.3, -0.25) is 34.0 Å². The van der Waals surface area contributed by atoms with Crippen LogP contribution in [0.15, 0.2) is 60.3 Å². The second kappa shape index (κ2) is 12.2. The van der Waals surface area contributed by atoms with Gasteiger partial charge in [0, 0.05) is 24.4 Å². The molecular formula is C34H27N7O5S. The quantitative estimate of drug-likeness (QED) is 0.163. The number of nitrogens with one attached hydrogen (secondary N) is 3. The van der Waals surface area contributed by atoms with E-state index in [9.17, 15) is 19.2 Å². The summed E-state index contributed by atoms with van der Waals surface area (Å²) in [6.45, 7) is 2.65. The summed E-state index contributed by atoms with van der Waals surface area (Å²) >= 11 is 1.52. The molecule has 0 radical (unpaired) electrons. The molecule has 12 nitrogen and oxygen atoms in total. The van der Waals surface area contributed by atoms with Gasteiger partial charge in [0.2, 0.25) is 11.8 Å². The molecule has 3 aliphatic heterocycles. The van der Waals surface area contributed by atoms with E-state index >= 15 is 0 Å². The second-order valence-corrected chi connectivity index (χ2v) is 12.2. The molecule has 2 aromatic heterocycles. The Morgan fingerprint density at radius 3 is 2.72 bits per heavy atom. The van der Waals surface area contributed by atoms with Crippen molar-refractivity contribution in [3.05, 3.63) is 105 Å².